The second-order valence-corrected chi connectivity index (χ2v) is 4.36. The zero-order valence-electron chi connectivity index (χ0n) is 9.60. The van der Waals surface area contributed by atoms with Crippen LogP contribution in [-0.2, 0) is 9.53 Å². The highest BCUT2D eigenvalue weighted by Gasteiger charge is 2.24. The molecule has 2 atom stereocenters. The van der Waals surface area contributed by atoms with E-state index in [0.29, 0.717) is 6.04 Å². The van der Waals surface area contributed by atoms with Gasteiger partial charge in [0.25, 0.3) is 0 Å². The molecule has 2 fully saturated rings. The van der Waals surface area contributed by atoms with Crippen LogP contribution in [0.1, 0.15) is 12.8 Å². The molecule has 91 valence electrons. The van der Waals surface area contributed by atoms with E-state index < -0.39 is 0 Å². The van der Waals surface area contributed by atoms with Gasteiger partial charge in [0.1, 0.15) is 6.17 Å². The number of rotatable bonds is 4. The molecule has 5 heteroatoms. The van der Waals surface area contributed by atoms with Crippen LogP contribution in [0.2, 0.25) is 0 Å². The number of ether oxygens (including phenoxy) is 1. The Balaban J connectivity index is 1.81. The van der Waals surface area contributed by atoms with Gasteiger partial charge < -0.3 is 9.53 Å². The summed E-state index contributed by atoms with van der Waals surface area (Å²) < 4.78 is 5.28. The molecule has 2 unspecified atom stereocenters. The first-order valence-corrected chi connectivity index (χ1v) is 6.06. The number of hydrogen-bond acceptors (Lipinski definition) is 4. The summed E-state index contributed by atoms with van der Waals surface area (Å²) in [7, 11) is 0. The third-order valence-corrected chi connectivity index (χ3v) is 3.19. The van der Waals surface area contributed by atoms with E-state index in [1.165, 1.54) is 0 Å². The number of nitrogens with one attached hydrogen (secondary N) is 1. The van der Waals surface area contributed by atoms with E-state index in [1.54, 1.807) is 0 Å². The molecule has 16 heavy (non-hydrogen) atoms. The summed E-state index contributed by atoms with van der Waals surface area (Å²) in [5.41, 5.74) is 0. The number of carbonyl (C=O) groups is 1. The molecule has 0 saturated carbocycles. The van der Waals surface area contributed by atoms with Crippen LogP contribution >= 0.6 is 0 Å². The van der Waals surface area contributed by atoms with Gasteiger partial charge in [0, 0.05) is 32.2 Å². The highest BCUT2D eigenvalue weighted by Crippen LogP contribution is 2.06. The van der Waals surface area contributed by atoms with Crippen LogP contribution in [0.3, 0.4) is 0 Å². The maximum absolute atomic E-state index is 11.1. The van der Waals surface area contributed by atoms with Crippen LogP contribution in [0.15, 0.2) is 0 Å². The molecule has 0 aromatic rings. The molecule has 1 radical (unpaired) electrons. The summed E-state index contributed by atoms with van der Waals surface area (Å²) in [6, 6.07) is 0.367. The van der Waals surface area contributed by atoms with Crippen LogP contribution in [0.25, 0.3) is 0 Å². The Labute approximate surface area is 96.5 Å². The standard InChI is InChI=1S/C11H20N3O2/c15-9-11(14-4-6-16-7-5-14)13-10-2-1-3-12-8-10/h9-11,13H,1-8H2. The molecule has 1 N–H and O–H groups in total. The predicted molar refractivity (Wildman–Crippen MR) is 60.3 cm³/mol. The molecule has 0 spiro atoms. The Morgan fingerprint density at radius 2 is 2.25 bits per heavy atom. The predicted octanol–water partition coefficient (Wildman–Crippen LogP) is -0.800. The molecular formula is C11H20N3O2. The molecule has 2 heterocycles. The van der Waals surface area contributed by atoms with Crippen LogP contribution in [0.4, 0.5) is 0 Å². The van der Waals surface area contributed by atoms with Gasteiger partial charge >= 0.3 is 0 Å². The minimum absolute atomic E-state index is 0.165. The van der Waals surface area contributed by atoms with E-state index >= 15 is 0 Å². The Morgan fingerprint density at radius 1 is 1.44 bits per heavy atom. The fourth-order valence-corrected chi connectivity index (χ4v) is 2.25. The molecule has 0 aromatic heterocycles. The monoisotopic (exact) mass is 226 g/mol. The SMILES string of the molecule is O=CC(NC1CCC[N]C1)N1CCOCC1. The third-order valence-electron chi connectivity index (χ3n) is 3.19. The summed E-state index contributed by atoms with van der Waals surface area (Å²) in [6.45, 7) is 4.93. The molecule has 0 aromatic carbocycles. The molecular weight excluding hydrogens is 206 g/mol. The molecule has 0 amide bonds. The zero-order valence-corrected chi connectivity index (χ0v) is 9.60. The van der Waals surface area contributed by atoms with E-state index in [4.69, 9.17) is 4.74 Å². The van der Waals surface area contributed by atoms with Gasteiger partial charge in [0.2, 0.25) is 0 Å². The first kappa shape index (κ1) is 12.0. The summed E-state index contributed by atoms with van der Waals surface area (Å²) in [4.78, 5) is 13.2. The van der Waals surface area contributed by atoms with E-state index in [1.807, 2.05) is 0 Å². The molecule has 2 rings (SSSR count). The maximum atomic E-state index is 11.1. The largest absolute Gasteiger partial charge is 0.379 e. The minimum Gasteiger partial charge on any atom is -0.379 e. The molecule has 2 aliphatic rings. The van der Waals surface area contributed by atoms with Crippen molar-refractivity contribution in [3.8, 4) is 0 Å². The lowest BCUT2D eigenvalue weighted by Crippen LogP contribution is -2.56. The molecule has 2 saturated heterocycles. The van der Waals surface area contributed by atoms with Gasteiger partial charge in [0.15, 0.2) is 6.29 Å². The van der Waals surface area contributed by atoms with Gasteiger partial charge in [-0.05, 0) is 12.8 Å². The average molecular weight is 226 g/mol. The number of carbonyl (C=O) groups excluding carboxylic acids is 1. The van der Waals surface area contributed by atoms with Crippen molar-refractivity contribution in [2.24, 2.45) is 0 Å². The fourth-order valence-electron chi connectivity index (χ4n) is 2.25. The van der Waals surface area contributed by atoms with Gasteiger partial charge in [-0.25, -0.2) is 5.32 Å². The average Bonchev–Trinajstić information content (AvgIpc) is 2.38. The van der Waals surface area contributed by atoms with Gasteiger partial charge in [-0.1, -0.05) is 0 Å². The number of morpholine rings is 1. The highest BCUT2D eigenvalue weighted by atomic mass is 16.5. The normalized spacial score (nSPS) is 29.9. The lowest BCUT2D eigenvalue weighted by atomic mass is 10.1. The van der Waals surface area contributed by atoms with Crippen LogP contribution in [0, 0.1) is 0 Å². The van der Waals surface area contributed by atoms with Gasteiger partial charge in [-0.3, -0.25) is 10.2 Å². The van der Waals surface area contributed by atoms with Gasteiger partial charge in [-0.15, -0.1) is 0 Å². The Hall–Kier alpha value is -0.490. The van der Waals surface area contributed by atoms with Crippen LogP contribution in [0.5, 0.6) is 0 Å². The molecule has 0 aliphatic carbocycles. The summed E-state index contributed by atoms with van der Waals surface area (Å²) in [5, 5.41) is 7.75. The number of nitrogens with zero attached hydrogens (tertiary/aromatic N) is 2. The molecule has 0 bridgehead atoms. The number of hydrogen-bond donors (Lipinski definition) is 1. The Morgan fingerprint density at radius 3 is 2.88 bits per heavy atom. The van der Waals surface area contributed by atoms with E-state index in [2.05, 4.69) is 15.5 Å². The molecule has 2 aliphatic heterocycles. The van der Waals surface area contributed by atoms with Crippen molar-refractivity contribution in [3.63, 3.8) is 0 Å². The third kappa shape index (κ3) is 3.25. The van der Waals surface area contributed by atoms with E-state index in [-0.39, 0.29) is 6.17 Å². The Bertz CT molecular complexity index is 213. The van der Waals surface area contributed by atoms with Gasteiger partial charge in [0.05, 0.1) is 13.2 Å². The highest BCUT2D eigenvalue weighted by molar-refractivity contribution is 5.57. The van der Waals surface area contributed by atoms with Crippen LogP contribution < -0.4 is 10.6 Å². The van der Waals surface area contributed by atoms with Crippen molar-refractivity contribution < 1.29 is 9.53 Å². The van der Waals surface area contributed by atoms with Crippen LogP contribution in [-0.4, -0.2) is 62.8 Å². The Kier molecular flexibility index (Phi) is 4.71. The summed E-state index contributed by atoms with van der Waals surface area (Å²) in [5.74, 6) is 0. The van der Waals surface area contributed by atoms with Crippen molar-refractivity contribution in [3.05, 3.63) is 0 Å². The van der Waals surface area contributed by atoms with Crippen molar-refractivity contribution in [2.45, 2.75) is 25.0 Å². The summed E-state index contributed by atoms with van der Waals surface area (Å²) in [6.07, 6.45) is 3.09. The topological polar surface area (TPSA) is 55.7 Å². The number of aldehydes is 1. The van der Waals surface area contributed by atoms with Crippen molar-refractivity contribution in [1.82, 2.24) is 15.5 Å². The smallest absolute Gasteiger partial charge is 0.151 e. The first-order chi connectivity index (χ1) is 7.90. The quantitative estimate of drug-likeness (QED) is 0.638. The first-order valence-electron chi connectivity index (χ1n) is 6.06. The molecule has 5 nitrogen and oxygen atoms in total. The van der Waals surface area contributed by atoms with Gasteiger partial charge in [-0.2, -0.15) is 0 Å². The van der Waals surface area contributed by atoms with E-state index in [0.717, 1.165) is 58.5 Å². The maximum Gasteiger partial charge on any atom is 0.151 e. The fraction of sp³-hybridized carbons (Fsp3) is 0.909. The number of piperidine rings is 1. The summed E-state index contributed by atoms with van der Waals surface area (Å²) >= 11 is 0. The lowest BCUT2D eigenvalue weighted by Gasteiger charge is -2.35. The minimum atomic E-state index is -0.165. The van der Waals surface area contributed by atoms with Crippen molar-refractivity contribution in [2.75, 3.05) is 39.4 Å². The van der Waals surface area contributed by atoms with Crippen molar-refractivity contribution in [1.29, 1.82) is 0 Å². The van der Waals surface area contributed by atoms with Crippen molar-refractivity contribution >= 4 is 6.29 Å². The lowest BCUT2D eigenvalue weighted by molar-refractivity contribution is -0.115. The zero-order chi connectivity index (χ0) is 11.2. The van der Waals surface area contributed by atoms with E-state index in [9.17, 15) is 4.79 Å². The second kappa shape index (κ2) is 6.30. The second-order valence-electron chi connectivity index (χ2n) is 4.36.